The summed E-state index contributed by atoms with van der Waals surface area (Å²) in [5.41, 5.74) is 0. The summed E-state index contributed by atoms with van der Waals surface area (Å²) in [6.45, 7) is 3.29. The maximum atomic E-state index is 12.4. The molecule has 6 heteroatoms. The zero-order valence-electron chi connectivity index (χ0n) is 13.1. The molecule has 1 saturated heterocycles. The predicted octanol–water partition coefficient (Wildman–Crippen LogP) is 2.23. The number of likely N-dealkylation sites (tertiary alicyclic amines) is 1. The summed E-state index contributed by atoms with van der Waals surface area (Å²) in [5, 5.41) is 11.8. The van der Waals surface area contributed by atoms with Crippen LogP contribution in [0.15, 0.2) is 0 Å². The normalized spacial score (nSPS) is 20.1. The van der Waals surface area contributed by atoms with E-state index in [1.54, 1.807) is 7.11 Å². The maximum Gasteiger partial charge on any atom is 0.317 e. The van der Waals surface area contributed by atoms with E-state index in [9.17, 15) is 9.59 Å². The number of carboxylic acids is 1. The van der Waals surface area contributed by atoms with Crippen molar-refractivity contribution in [2.45, 2.75) is 64.0 Å². The number of rotatable bonds is 8. The Morgan fingerprint density at radius 2 is 2.19 bits per heavy atom. The molecule has 1 rings (SSSR count). The fourth-order valence-corrected chi connectivity index (χ4v) is 2.86. The second kappa shape index (κ2) is 9.60. The molecule has 2 atom stereocenters. The highest BCUT2D eigenvalue weighted by Crippen LogP contribution is 2.21. The molecule has 21 heavy (non-hydrogen) atoms. The molecule has 0 bridgehead atoms. The van der Waals surface area contributed by atoms with Gasteiger partial charge >= 0.3 is 12.0 Å². The van der Waals surface area contributed by atoms with E-state index in [2.05, 4.69) is 12.2 Å². The molecule has 2 unspecified atom stereocenters. The number of amides is 2. The first-order valence-corrected chi connectivity index (χ1v) is 7.86. The van der Waals surface area contributed by atoms with Gasteiger partial charge in [0.05, 0.1) is 12.6 Å². The maximum absolute atomic E-state index is 12.4. The van der Waals surface area contributed by atoms with Crippen LogP contribution in [0.4, 0.5) is 4.79 Å². The second-order valence-corrected chi connectivity index (χ2v) is 5.67. The number of nitrogens with one attached hydrogen (secondary N) is 1. The Balaban J connectivity index is 2.56. The lowest BCUT2D eigenvalue weighted by Gasteiger charge is -2.36. The van der Waals surface area contributed by atoms with Gasteiger partial charge in [0.1, 0.15) is 0 Å². The van der Waals surface area contributed by atoms with Crippen LogP contribution < -0.4 is 5.32 Å². The minimum absolute atomic E-state index is 0.0227. The molecule has 0 saturated carbocycles. The zero-order chi connectivity index (χ0) is 15.7. The largest absolute Gasteiger partial charge is 0.481 e. The molecular formula is C15H28N2O4. The van der Waals surface area contributed by atoms with E-state index < -0.39 is 5.97 Å². The Morgan fingerprint density at radius 3 is 2.81 bits per heavy atom. The lowest BCUT2D eigenvalue weighted by molar-refractivity contribution is -0.137. The molecular weight excluding hydrogens is 272 g/mol. The molecule has 0 aromatic rings. The Morgan fingerprint density at radius 1 is 1.43 bits per heavy atom. The van der Waals surface area contributed by atoms with E-state index >= 15 is 0 Å². The van der Waals surface area contributed by atoms with Gasteiger partial charge in [0, 0.05) is 26.1 Å². The number of carbonyl (C=O) groups excluding carboxylic acids is 1. The number of hydrogen-bond acceptors (Lipinski definition) is 3. The van der Waals surface area contributed by atoms with Crippen LogP contribution in [0.25, 0.3) is 0 Å². The third kappa shape index (κ3) is 6.33. The number of nitrogens with zero attached hydrogens (tertiary/aromatic N) is 1. The van der Waals surface area contributed by atoms with Crippen molar-refractivity contribution in [1.29, 1.82) is 0 Å². The van der Waals surface area contributed by atoms with Crippen molar-refractivity contribution in [1.82, 2.24) is 10.2 Å². The fraction of sp³-hybridized carbons (Fsp3) is 0.867. The molecule has 6 nitrogen and oxygen atoms in total. The summed E-state index contributed by atoms with van der Waals surface area (Å²) in [4.78, 5) is 25.0. The summed E-state index contributed by atoms with van der Waals surface area (Å²) in [6.07, 6.45) is 5.45. The molecule has 1 heterocycles. The molecule has 2 amide bonds. The van der Waals surface area contributed by atoms with Crippen LogP contribution in [0.2, 0.25) is 0 Å². The number of methoxy groups -OCH3 is 1. The van der Waals surface area contributed by atoms with Gasteiger partial charge in [-0.15, -0.1) is 0 Å². The summed E-state index contributed by atoms with van der Waals surface area (Å²) < 4.78 is 5.14. The molecule has 122 valence electrons. The lowest BCUT2D eigenvalue weighted by atomic mass is 9.98. The van der Waals surface area contributed by atoms with Crippen LogP contribution in [0.3, 0.4) is 0 Å². The van der Waals surface area contributed by atoms with Crippen molar-refractivity contribution >= 4 is 12.0 Å². The van der Waals surface area contributed by atoms with Crippen molar-refractivity contribution in [3.63, 3.8) is 0 Å². The first-order valence-electron chi connectivity index (χ1n) is 7.86. The Hall–Kier alpha value is -1.30. The average Bonchev–Trinajstić information content (AvgIpc) is 2.46. The molecule has 0 aliphatic carbocycles. The monoisotopic (exact) mass is 300 g/mol. The van der Waals surface area contributed by atoms with Crippen LogP contribution in [0.5, 0.6) is 0 Å². The molecule has 0 spiro atoms. The first-order chi connectivity index (χ1) is 10.1. The van der Waals surface area contributed by atoms with Gasteiger partial charge in [-0.1, -0.05) is 13.3 Å². The van der Waals surface area contributed by atoms with E-state index in [1.807, 2.05) is 4.90 Å². The van der Waals surface area contributed by atoms with E-state index in [0.29, 0.717) is 19.6 Å². The topological polar surface area (TPSA) is 78.9 Å². The van der Waals surface area contributed by atoms with Crippen molar-refractivity contribution in [2.24, 2.45) is 0 Å². The van der Waals surface area contributed by atoms with Gasteiger partial charge in [0.2, 0.25) is 0 Å². The molecule has 1 aliphatic heterocycles. The van der Waals surface area contributed by atoms with Gasteiger partial charge in [0.15, 0.2) is 0 Å². The standard InChI is InChI=1S/C15H28N2O4/c1-3-6-12(11-21-2)16-15(20)17-10-5-4-7-13(17)8-9-14(18)19/h12-13H,3-11H2,1-2H3,(H,16,20)(H,18,19). The highest BCUT2D eigenvalue weighted by Gasteiger charge is 2.28. The zero-order valence-corrected chi connectivity index (χ0v) is 13.1. The third-order valence-electron chi connectivity index (χ3n) is 3.91. The van der Waals surface area contributed by atoms with Gasteiger partial charge in [-0.05, 0) is 32.1 Å². The minimum atomic E-state index is -0.802. The van der Waals surface area contributed by atoms with Gasteiger partial charge in [0.25, 0.3) is 0 Å². The average molecular weight is 300 g/mol. The number of urea groups is 1. The Bertz CT molecular complexity index is 330. The van der Waals surface area contributed by atoms with Crippen LogP contribution >= 0.6 is 0 Å². The minimum Gasteiger partial charge on any atom is -0.481 e. The summed E-state index contributed by atoms with van der Waals surface area (Å²) in [5.74, 6) is -0.802. The van der Waals surface area contributed by atoms with E-state index in [-0.39, 0.29) is 24.5 Å². The van der Waals surface area contributed by atoms with Crippen molar-refractivity contribution in [3.05, 3.63) is 0 Å². The number of hydrogen-bond donors (Lipinski definition) is 2. The molecule has 1 aliphatic rings. The van der Waals surface area contributed by atoms with Crippen LogP contribution in [0, 0.1) is 0 Å². The quantitative estimate of drug-likeness (QED) is 0.720. The van der Waals surface area contributed by atoms with Crippen molar-refractivity contribution < 1.29 is 19.4 Å². The highest BCUT2D eigenvalue weighted by atomic mass is 16.5. The molecule has 2 N–H and O–H groups in total. The second-order valence-electron chi connectivity index (χ2n) is 5.67. The molecule has 0 aromatic carbocycles. The lowest BCUT2D eigenvalue weighted by Crippen LogP contribution is -2.52. The number of ether oxygens (including phenoxy) is 1. The Kier molecular flexibility index (Phi) is 8.12. The fourth-order valence-electron chi connectivity index (χ4n) is 2.86. The summed E-state index contributed by atoms with van der Waals surface area (Å²) >= 11 is 0. The van der Waals surface area contributed by atoms with E-state index in [4.69, 9.17) is 9.84 Å². The predicted molar refractivity (Wildman–Crippen MR) is 80.3 cm³/mol. The van der Waals surface area contributed by atoms with E-state index in [0.717, 1.165) is 32.1 Å². The van der Waals surface area contributed by atoms with Gasteiger partial charge < -0.3 is 20.1 Å². The van der Waals surface area contributed by atoms with Crippen molar-refractivity contribution in [3.8, 4) is 0 Å². The number of aliphatic carboxylic acids is 1. The SMILES string of the molecule is CCCC(COC)NC(=O)N1CCCCC1CCC(=O)O. The summed E-state index contributed by atoms with van der Waals surface area (Å²) in [6, 6.07) is -0.0187. The van der Waals surface area contributed by atoms with Gasteiger partial charge in [-0.2, -0.15) is 0 Å². The molecule has 0 radical (unpaired) electrons. The van der Waals surface area contributed by atoms with Gasteiger partial charge in [-0.3, -0.25) is 4.79 Å². The summed E-state index contributed by atoms with van der Waals surface area (Å²) in [7, 11) is 1.63. The van der Waals surface area contributed by atoms with E-state index in [1.165, 1.54) is 0 Å². The highest BCUT2D eigenvalue weighted by molar-refractivity contribution is 5.75. The van der Waals surface area contributed by atoms with Crippen LogP contribution in [-0.2, 0) is 9.53 Å². The van der Waals surface area contributed by atoms with Gasteiger partial charge in [-0.25, -0.2) is 4.79 Å². The van der Waals surface area contributed by atoms with Crippen LogP contribution in [0.1, 0.15) is 51.9 Å². The molecule has 1 fully saturated rings. The smallest absolute Gasteiger partial charge is 0.317 e. The van der Waals surface area contributed by atoms with Crippen LogP contribution in [-0.4, -0.2) is 54.4 Å². The number of piperidine rings is 1. The molecule has 0 aromatic heterocycles. The number of carbonyl (C=O) groups is 2. The first kappa shape index (κ1) is 17.8. The third-order valence-corrected chi connectivity index (χ3v) is 3.91. The van der Waals surface area contributed by atoms with Crippen molar-refractivity contribution in [2.75, 3.05) is 20.3 Å². The number of carboxylic acid groups (broad SMARTS) is 1. The Labute approximate surface area is 126 Å².